The highest BCUT2D eigenvalue weighted by molar-refractivity contribution is 7.98. The van der Waals surface area contributed by atoms with Crippen molar-refractivity contribution in [3.05, 3.63) is 125 Å². The fourth-order valence-corrected chi connectivity index (χ4v) is 5.03. The molecule has 3 aromatic heterocycles. The van der Waals surface area contributed by atoms with Crippen LogP contribution in [0, 0.1) is 0 Å². The SMILES string of the molecule is Clc1ccc(-c2nc(SCc3cn(Cc4ccccc4)nn3)[nH][n+]2Cc2cn(Cc3ccccc3)nn2)cc1. The van der Waals surface area contributed by atoms with Crippen molar-refractivity contribution in [2.24, 2.45) is 0 Å². The van der Waals surface area contributed by atoms with Gasteiger partial charge in [0, 0.05) is 17.0 Å². The van der Waals surface area contributed by atoms with E-state index in [4.69, 9.17) is 16.6 Å². The van der Waals surface area contributed by atoms with E-state index in [9.17, 15) is 0 Å². The van der Waals surface area contributed by atoms with Gasteiger partial charge in [-0.3, -0.25) is 0 Å². The van der Waals surface area contributed by atoms with Gasteiger partial charge in [0.05, 0.1) is 30.5 Å². The topological polar surface area (TPSA) is 94.0 Å². The quantitative estimate of drug-likeness (QED) is 0.196. The van der Waals surface area contributed by atoms with Crippen LogP contribution in [-0.2, 0) is 25.4 Å². The smallest absolute Gasteiger partial charge is 0.248 e. The lowest BCUT2D eigenvalue weighted by atomic mass is 10.2. The van der Waals surface area contributed by atoms with Gasteiger partial charge in [0.15, 0.2) is 6.54 Å². The zero-order valence-corrected chi connectivity index (χ0v) is 22.5. The number of hydrogen-bond donors (Lipinski definition) is 1. The molecule has 39 heavy (non-hydrogen) atoms. The van der Waals surface area contributed by atoms with Gasteiger partial charge in [0.2, 0.25) is 0 Å². The summed E-state index contributed by atoms with van der Waals surface area (Å²) in [7, 11) is 0. The van der Waals surface area contributed by atoms with Gasteiger partial charge in [0.1, 0.15) is 5.69 Å². The van der Waals surface area contributed by atoms with Crippen LogP contribution < -0.4 is 4.68 Å². The van der Waals surface area contributed by atoms with Gasteiger partial charge in [-0.25, -0.2) is 9.36 Å². The largest absolute Gasteiger partial charge is 0.352 e. The molecule has 0 aliphatic carbocycles. The number of rotatable bonds is 10. The molecule has 0 saturated carbocycles. The minimum atomic E-state index is 0.494. The molecule has 0 aliphatic heterocycles. The molecule has 9 nitrogen and oxygen atoms in total. The molecule has 0 aliphatic rings. The molecule has 0 spiro atoms. The number of aromatic nitrogens is 9. The summed E-state index contributed by atoms with van der Waals surface area (Å²) in [5, 5.41) is 22.2. The molecule has 0 saturated heterocycles. The fraction of sp³-hybridized carbons (Fsp3) is 0.143. The Balaban J connectivity index is 1.18. The molecule has 0 atom stereocenters. The lowest BCUT2D eigenvalue weighted by Crippen LogP contribution is -2.38. The molecule has 6 aromatic rings. The van der Waals surface area contributed by atoms with Crippen molar-refractivity contribution in [3.8, 4) is 11.4 Å². The van der Waals surface area contributed by atoms with E-state index >= 15 is 0 Å². The molecule has 6 rings (SSSR count). The highest BCUT2D eigenvalue weighted by atomic mass is 35.5. The highest BCUT2D eigenvalue weighted by Gasteiger charge is 2.23. The van der Waals surface area contributed by atoms with Crippen LogP contribution >= 0.6 is 23.4 Å². The first kappa shape index (κ1) is 25.0. The first-order valence-corrected chi connectivity index (χ1v) is 13.8. The van der Waals surface area contributed by atoms with Crippen LogP contribution in [0.15, 0.2) is 102 Å². The number of hydrogen-bond acceptors (Lipinski definition) is 6. The maximum Gasteiger partial charge on any atom is 0.352 e. The average Bonchev–Trinajstić information content (AvgIpc) is 3.70. The zero-order valence-electron chi connectivity index (χ0n) is 20.9. The predicted octanol–water partition coefficient (Wildman–Crippen LogP) is 4.64. The third-order valence-corrected chi connectivity index (χ3v) is 7.17. The van der Waals surface area contributed by atoms with Crippen LogP contribution in [0.4, 0.5) is 0 Å². The maximum absolute atomic E-state index is 6.14. The Hall–Kier alpha value is -4.28. The molecule has 3 heterocycles. The summed E-state index contributed by atoms with van der Waals surface area (Å²) in [4.78, 5) is 4.89. The molecule has 0 fully saturated rings. The van der Waals surface area contributed by atoms with Crippen LogP contribution in [0.2, 0.25) is 5.02 Å². The van der Waals surface area contributed by atoms with Crippen LogP contribution in [0.25, 0.3) is 11.4 Å². The van der Waals surface area contributed by atoms with Gasteiger partial charge in [0.25, 0.3) is 0 Å². The van der Waals surface area contributed by atoms with E-state index in [1.807, 2.05) is 87.1 Å². The molecule has 1 N–H and O–H groups in total. The second-order valence-electron chi connectivity index (χ2n) is 9.02. The minimum absolute atomic E-state index is 0.494. The van der Waals surface area contributed by atoms with Gasteiger partial charge in [-0.1, -0.05) is 94.5 Å². The Labute approximate surface area is 234 Å². The number of thioether (sulfide) groups is 1. The van der Waals surface area contributed by atoms with Crippen molar-refractivity contribution in [3.63, 3.8) is 0 Å². The van der Waals surface area contributed by atoms with Crippen molar-refractivity contribution in [2.75, 3.05) is 0 Å². The first-order chi connectivity index (χ1) is 19.2. The van der Waals surface area contributed by atoms with Gasteiger partial charge in [-0.2, -0.15) is 5.10 Å². The fourth-order valence-electron chi connectivity index (χ4n) is 4.16. The number of aromatic amines is 1. The van der Waals surface area contributed by atoms with E-state index in [1.165, 1.54) is 11.1 Å². The standard InChI is InChI=1S/C28H24ClN9S/c29-24-13-11-23(12-14-24)27-30-28(39-20-26-18-37(35-32-26)16-22-9-5-2-6-10-22)33-38(27)19-25-17-36(34-31-25)15-21-7-3-1-4-8-21/h1-14,17-18H,15-16,19-20H2/p+1. The van der Waals surface area contributed by atoms with E-state index in [0.29, 0.717) is 30.4 Å². The number of benzene rings is 3. The van der Waals surface area contributed by atoms with Crippen LogP contribution in [0.5, 0.6) is 0 Å². The summed E-state index contributed by atoms with van der Waals surface area (Å²) in [6, 6.07) is 28.1. The normalized spacial score (nSPS) is 11.2. The first-order valence-electron chi connectivity index (χ1n) is 12.4. The van der Waals surface area contributed by atoms with E-state index in [0.717, 1.165) is 27.9 Å². The molecule has 3 aromatic carbocycles. The Morgan fingerprint density at radius 1 is 0.744 bits per heavy atom. The summed E-state index contributed by atoms with van der Waals surface area (Å²) in [6.07, 6.45) is 3.94. The second kappa shape index (κ2) is 11.6. The van der Waals surface area contributed by atoms with E-state index in [-0.39, 0.29) is 0 Å². The number of nitrogens with one attached hydrogen (secondary N) is 1. The van der Waals surface area contributed by atoms with Gasteiger partial charge in [-0.05, 0) is 40.4 Å². The van der Waals surface area contributed by atoms with E-state index in [2.05, 4.69) is 50.0 Å². The van der Waals surface area contributed by atoms with Crippen LogP contribution in [0.3, 0.4) is 0 Å². The lowest BCUT2D eigenvalue weighted by Gasteiger charge is -1.99. The minimum Gasteiger partial charge on any atom is -0.248 e. The summed E-state index contributed by atoms with van der Waals surface area (Å²) in [5.74, 6) is 1.43. The molecule has 11 heteroatoms. The molecule has 0 radical (unpaired) electrons. The van der Waals surface area contributed by atoms with Crippen molar-refractivity contribution in [2.45, 2.75) is 30.5 Å². The Kier molecular flexibility index (Phi) is 7.46. The second-order valence-corrected chi connectivity index (χ2v) is 10.4. The predicted molar refractivity (Wildman–Crippen MR) is 149 cm³/mol. The Morgan fingerprint density at radius 3 is 1.97 bits per heavy atom. The lowest BCUT2D eigenvalue weighted by molar-refractivity contribution is -0.735. The summed E-state index contributed by atoms with van der Waals surface area (Å²) >= 11 is 7.71. The molecular formula is C28H25ClN9S+. The molecule has 194 valence electrons. The number of H-pyrrole nitrogens is 1. The van der Waals surface area contributed by atoms with Crippen molar-refractivity contribution < 1.29 is 4.68 Å². The number of nitrogens with zero attached hydrogens (tertiary/aromatic N) is 8. The molecule has 0 amide bonds. The van der Waals surface area contributed by atoms with Gasteiger partial charge < -0.3 is 0 Å². The average molecular weight is 555 g/mol. The Morgan fingerprint density at radius 2 is 1.33 bits per heavy atom. The number of halogens is 1. The van der Waals surface area contributed by atoms with Crippen LogP contribution in [-0.4, -0.2) is 40.1 Å². The molecule has 0 bridgehead atoms. The zero-order chi connectivity index (χ0) is 26.4. The van der Waals surface area contributed by atoms with Crippen LogP contribution in [0.1, 0.15) is 22.5 Å². The van der Waals surface area contributed by atoms with Crippen molar-refractivity contribution >= 4 is 23.4 Å². The van der Waals surface area contributed by atoms with Gasteiger partial charge >= 0.3 is 11.0 Å². The summed E-state index contributed by atoms with van der Waals surface area (Å²) in [5.41, 5.74) is 5.02. The van der Waals surface area contributed by atoms with Crippen molar-refractivity contribution in [1.29, 1.82) is 0 Å². The molecular weight excluding hydrogens is 530 g/mol. The summed E-state index contributed by atoms with van der Waals surface area (Å²) < 4.78 is 5.68. The molecule has 0 unspecified atom stereocenters. The third-order valence-electron chi connectivity index (χ3n) is 6.02. The Bertz CT molecular complexity index is 1640. The highest BCUT2D eigenvalue weighted by Crippen LogP contribution is 2.22. The maximum atomic E-state index is 6.14. The van der Waals surface area contributed by atoms with Gasteiger partial charge in [-0.15, -0.1) is 14.9 Å². The van der Waals surface area contributed by atoms with E-state index < -0.39 is 0 Å². The van der Waals surface area contributed by atoms with Crippen molar-refractivity contribution in [1.82, 2.24) is 40.1 Å². The summed E-state index contributed by atoms with van der Waals surface area (Å²) in [6.45, 7) is 1.84. The van der Waals surface area contributed by atoms with E-state index in [1.54, 1.807) is 11.8 Å². The third kappa shape index (κ3) is 6.42. The monoisotopic (exact) mass is 554 g/mol.